The van der Waals surface area contributed by atoms with Crippen molar-refractivity contribution < 1.29 is 14.3 Å². The van der Waals surface area contributed by atoms with Gasteiger partial charge in [0.05, 0.1) is 20.3 Å². The van der Waals surface area contributed by atoms with Crippen molar-refractivity contribution in [2.45, 2.75) is 25.8 Å². The standard InChI is InChI=1S/C30H32N2O3/c1-22-7-11-24(12-8-22)27(19-30(33)31-15-17-35-18-16-31)28-21-32(29-6-4-3-5-26(28)29)20-23-9-13-25(34-2)14-10-23/h3-14,21,27H,15-20H2,1-2H3. The van der Waals surface area contributed by atoms with Crippen molar-refractivity contribution in [3.05, 3.63) is 101 Å². The van der Waals surface area contributed by atoms with E-state index in [0.717, 1.165) is 12.3 Å². The third-order valence-corrected chi connectivity index (χ3v) is 6.93. The highest BCUT2D eigenvalue weighted by Crippen LogP contribution is 2.36. The van der Waals surface area contributed by atoms with Gasteiger partial charge >= 0.3 is 0 Å². The van der Waals surface area contributed by atoms with Crippen LogP contribution in [0.3, 0.4) is 0 Å². The van der Waals surface area contributed by atoms with Crippen molar-refractivity contribution >= 4 is 16.8 Å². The number of ether oxygens (including phenoxy) is 2. The van der Waals surface area contributed by atoms with Gasteiger partial charge in [0.2, 0.25) is 5.91 Å². The first kappa shape index (κ1) is 23.2. The fourth-order valence-electron chi connectivity index (χ4n) is 4.93. The molecule has 0 aliphatic carbocycles. The maximum atomic E-state index is 13.4. The van der Waals surface area contributed by atoms with Crippen molar-refractivity contribution in [3.63, 3.8) is 0 Å². The molecule has 1 aromatic heterocycles. The Kier molecular flexibility index (Phi) is 6.87. The molecule has 5 rings (SSSR count). The molecule has 1 aliphatic heterocycles. The van der Waals surface area contributed by atoms with Gasteiger partial charge in [0.1, 0.15) is 5.75 Å². The van der Waals surface area contributed by atoms with Crippen molar-refractivity contribution in [1.29, 1.82) is 0 Å². The lowest BCUT2D eigenvalue weighted by molar-refractivity contribution is -0.135. The number of aryl methyl sites for hydroxylation is 1. The molecule has 2 heterocycles. The van der Waals surface area contributed by atoms with Crippen molar-refractivity contribution in [2.75, 3.05) is 33.4 Å². The number of amides is 1. The second-order valence-corrected chi connectivity index (χ2v) is 9.24. The van der Waals surface area contributed by atoms with Crippen LogP contribution in [0.4, 0.5) is 0 Å². The number of aromatic nitrogens is 1. The summed E-state index contributed by atoms with van der Waals surface area (Å²) < 4.78 is 13.1. The first-order valence-electron chi connectivity index (χ1n) is 12.2. The van der Waals surface area contributed by atoms with Gasteiger partial charge in [0.25, 0.3) is 0 Å². The quantitative estimate of drug-likeness (QED) is 0.365. The molecule has 0 bridgehead atoms. The van der Waals surface area contributed by atoms with Gasteiger partial charge in [-0.15, -0.1) is 0 Å². The summed E-state index contributed by atoms with van der Waals surface area (Å²) in [7, 11) is 1.68. The molecule has 0 radical (unpaired) electrons. The Labute approximate surface area is 206 Å². The number of nitrogens with zero attached hydrogens (tertiary/aromatic N) is 2. The highest BCUT2D eigenvalue weighted by atomic mass is 16.5. The topological polar surface area (TPSA) is 43.7 Å². The molecule has 180 valence electrons. The summed E-state index contributed by atoms with van der Waals surface area (Å²) in [4.78, 5) is 15.3. The van der Waals surface area contributed by atoms with E-state index < -0.39 is 0 Å². The van der Waals surface area contributed by atoms with Gasteiger partial charge < -0.3 is 18.9 Å². The molecule has 5 nitrogen and oxygen atoms in total. The summed E-state index contributed by atoms with van der Waals surface area (Å²) in [6, 6.07) is 25.3. The van der Waals surface area contributed by atoms with Crippen LogP contribution < -0.4 is 4.74 Å². The van der Waals surface area contributed by atoms with Gasteiger partial charge in [-0.3, -0.25) is 4.79 Å². The zero-order chi connectivity index (χ0) is 24.2. The van der Waals surface area contributed by atoms with E-state index in [-0.39, 0.29) is 11.8 Å². The molecule has 5 heteroatoms. The highest BCUT2D eigenvalue weighted by molar-refractivity contribution is 5.87. The zero-order valence-corrected chi connectivity index (χ0v) is 20.4. The van der Waals surface area contributed by atoms with E-state index in [9.17, 15) is 4.79 Å². The molecule has 1 saturated heterocycles. The summed E-state index contributed by atoms with van der Waals surface area (Å²) >= 11 is 0. The zero-order valence-electron chi connectivity index (χ0n) is 20.4. The van der Waals surface area contributed by atoms with E-state index in [4.69, 9.17) is 9.47 Å². The third-order valence-electron chi connectivity index (χ3n) is 6.93. The van der Waals surface area contributed by atoms with E-state index in [1.54, 1.807) is 7.11 Å². The predicted molar refractivity (Wildman–Crippen MR) is 139 cm³/mol. The van der Waals surface area contributed by atoms with Crippen LogP contribution >= 0.6 is 0 Å². The molecule has 1 fully saturated rings. The van der Waals surface area contributed by atoms with E-state index in [2.05, 4.69) is 78.4 Å². The first-order valence-corrected chi connectivity index (χ1v) is 12.2. The van der Waals surface area contributed by atoms with Crippen LogP contribution in [0.1, 0.15) is 34.6 Å². The average Bonchev–Trinajstić information content (AvgIpc) is 3.27. The Morgan fingerprint density at radius 2 is 1.69 bits per heavy atom. The largest absolute Gasteiger partial charge is 0.497 e. The molecule has 0 N–H and O–H groups in total. The second-order valence-electron chi connectivity index (χ2n) is 9.24. The van der Waals surface area contributed by atoms with Crippen LogP contribution in [-0.4, -0.2) is 48.8 Å². The average molecular weight is 469 g/mol. The maximum Gasteiger partial charge on any atom is 0.223 e. The lowest BCUT2D eigenvalue weighted by atomic mass is 9.87. The van der Waals surface area contributed by atoms with Gasteiger partial charge in [-0.05, 0) is 41.8 Å². The number of benzene rings is 3. The minimum atomic E-state index is -0.0204. The first-order chi connectivity index (χ1) is 17.1. The van der Waals surface area contributed by atoms with Crippen molar-refractivity contribution in [3.8, 4) is 5.75 Å². The Balaban J connectivity index is 1.53. The smallest absolute Gasteiger partial charge is 0.223 e. The van der Waals surface area contributed by atoms with E-state index in [1.165, 1.54) is 33.2 Å². The number of hydrogen-bond donors (Lipinski definition) is 0. The number of carbonyl (C=O) groups excluding carboxylic acids is 1. The molecule has 35 heavy (non-hydrogen) atoms. The molecular formula is C30H32N2O3. The van der Waals surface area contributed by atoms with Crippen molar-refractivity contribution in [2.24, 2.45) is 0 Å². The maximum absolute atomic E-state index is 13.4. The van der Waals surface area contributed by atoms with Gasteiger partial charge in [-0.25, -0.2) is 0 Å². The Morgan fingerprint density at radius 3 is 2.40 bits per heavy atom. The van der Waals surface area contributed by atoms with Crippen molar-refractivity contribution in [1.82, 2.24) is 9.47 Å². The summed E-state index contributed by atoms with van der Waals surface area (Å²) in [5.74, 6) is 1.02. The molecular weight excluding hydrogens is 436 g/mol. The minimum Gasteiger partial charge on any atom is -0.497 e. The van der Waals surface area contributed by atoms with Gasteiger partial charge in [-0.2, -0.15) is 0 Å². The number of rotatable bonds is 7. The summed E-state index contributed by atoms with van der Waals surface area (Å²) in [6.45, 7) is 5.41. The predicted octanol–water partition coefficient (Wildman–Crippen LogP) is 5.39. The van der Waals surface area contributed by atoms with Crippen LogP contribution in [0.15, 0.2) is 79.0 Å². The molecule has 1 amide bonds. The monoisotopic (exact) mass is 468 g/mol. The summed E-state index contributed by atoms with van der Waals surface area (Å²) in [5, 5.41) is 1.20. The van der Waals surface area contributed by atoms with Crippen LogP contribution in [0.2, 0.25) is 0 Å². The van der Waals surface area contributed by atoms with Gasteiger partial charge in [-0.1, -0.05) is 60.2 Å². The highest BCUT2D eigenvalue weighted by Gasteiger charge is 2.26. The molecule has 1 aliphatic rings. The summed E-state index contributed by atoms with van der Waals surface area (Å²) in [6.07, 6.45) is 2.69. The fourth-order valence-corrected chi connectivity index (χ4v) is 4.93. The number of carbonyl (C=O) groups is 1. The number of methoxy groups -OCH3 is 1. The van der Waals surface area contributed by atoms with Crippen LogP contribution in [0.25, 0.3) is 10.9 Å². The summed E-state index contributed by atoms with van der Waals surface area (Å²) in [5.41, 5.74) is 5.96. The number of fused-ring (bicyclic) bond motifs is 1. The molecule has 3 aromatic carbocycles. The third kappa shape index (κ3) is 5.10. The molecule has 0 spiro atoms. The SMILES string of the molecule is COc1ccc(Cn2cc(C(CC(=O)N3CCOCC3)c3ccc(C)cc3)c3ccccc32)cc1. The second kappa shape index (κ2) is 10.4. The van der Waals surface area contributed by atoms with E-state index in [0.29, 0.717) is 32.7 Å². The minimum absolute atomic E-state index is 0.0204. The molecule has 1 unspecified atom stereocenters. The van der Waals surface area contributed by atoms with Gasteiger partial charge in [0, 0.05) is 49.1 Å². The lowest BCUT2D eigenvalue weighted by Crippen LogP contribution is -2.41. The van der Waals surface area contributed by atoms with E-state index in [1.807, 2.05) is 17.0 Å². The number of morpholine rings is 1. The molecule has 4 aromatic rings. The number of hydrogen-bond acceptors (Lipinski definition) is 3. The lowest BCUT2D eigenvalue weighted by Gasteiger charge is -2.28. The van der Waals surface area contributed by atoms with Crippen LogP contribution in [-0.2, 0) is 16.1 Å². The normalized spacial score (nSPS) is 14.7. The van der Waals surface area contributed by atoms with Gasteiger partial charge in [0.15, 0.2) is 0 Å². The Hall–Kier alpha value is -3.57. The Morgan fingerprint density at radius 1 is 0.971 bits per heavy atom. The number of para-hydroxylation sites is 1. The molecule has 0 saturated carbocycles. The van der Waals surface area contributed by atoms with E-state index >= 15 is 0 Å². The molecule has 1 atom stereocenters. The van der Waals surface area contributed by atoms with Crippen LogP contribution in [0.5, 0.6) is 5.75 Å². The fraction of sp³-hybridized carbons (Fsp3) is 0.300. The van der Waals surface area contributed by atoms with Crippen LogP contribution in [0, 0.1) is 6.92 Å². The Bertz CT molecular complexity index is 1290.